The van der Waals surface area contributed by atoms with Gasteiger partial charge in [0.1, 0.15) is 0 Å². The molecule has 0 aliphatic heterocycles. The first-order valence-electron chi connectivity index (χ1n) is 8.57. The van der Waals surface area contributed by atoms with Gasteiger partial charge in [-0.1, -0.05) is 0 Å². The van der Waals surface area contributed by atoms with E-state index in [2.05, 4.69) is 135 Å². The van der Waals surface area contributed by atoms with Crippen LogP contribution >= 0.6 is 0 Å². The van der Waals surface area contributed by atoms with Gasteiger partial charge in [-0.05, 0) is 0 Å². The van der Waals surface area contributed by atoms with E-state index in [1.807, 2.05) is 0 Å². The van der Waals surface area contributed by atoms with Crippen LogP contribution in [0.25, 0.3) is 0 Å². The molecule has 0 aliphatic rings. The van der Waals surface area contributed by atoms with Crippen LogP contribution in [0.4, 0.5) is 0 Å². The molecule has 0 radical (unpaired) electrons. The van der Waals surface area contributed by atoms with E-state index in [0.29, 0.717) is 0 Å². The molecular formula is C17H36GeMoN2O5Si4. The molecule has 0 saturated carbocycles. The minimum absolute atomic E-state index is 1.23. The van der Waals surface area contributed by atoms with Gasteiger partial charge in [0.15, 0.2) is 0 Å². The summed E-state index contributed by atoms with van der Waals surface area (Å²) in [7, 11) is -4.92. The summed E-state index contributed by atoms with van der Waals surface area (Å²) in [6.45, 7) is 53.3. The van der Waals surface area contributed by atoms with Gasteiger partial charge >= 0.3 is 203 Å². The van der Waals surface area contributed by atoms with E-state index in [-0.39, 0.29) is 0 Å². The van der Waals surface area contributed by atoms with Crippen molar-refractivity contribution in [1.29, 1.82) is 0 Å². The molecule has 0 saturated heterocycles. The maximum atomic E-state index is 7.50. The Hall–Kier alpha value is 0.719. The van der Waals surface area contributed by atoms with Crippen LogP contribution in [-0.2, 0) is 40.3 Å². The van der Waals surface area contributed by atoms with E-state index in [1.165, 1.54) is 0 Å². The van der Waals surface area contributed by atoms with Crippen LogP contribution in [0.5, 0.6) is 0 Å². The quantitative estimate of drug-likeness (QED) is 0.249. The molecule has 0 unspecified atom stereocenters. The van der Waals surface area contributed by atoms with Crippen molar-refractivity contribution in [2.45, 2.75) is 78.6 Å². The SMILES string of the molecule is C[Si](C)(C)[N]([Ge](=[Mo])[N]([Si](C)(C)C)[Si](C)(C)C)[Si](C)(C)C.[C-]#[O+].[C-]#[O+].[C-]#[O+].[C-]#[O+].[C-]#[O+]. The molecule has 0 aromatic heterocycles. The molecule has 0 fully saturated rings. The van der Waals surface area contributed by atoms with Crippen LogP contribution in [0.1, 0.15) is 0 Å². The monoisotopic (exact) mass is 632 g/mol. The Kier molecular flexibility index (Phi) is 31.9. The maximum absolute atomic E-state index is 7.50. The van der Waals surface area contributed by atoms with Gasteiger partial charge in [-0.3, -0.25) is 0 Å². The van der Waals surface area contributed by atoms with E-state index in [9.17, 15) is 0 Å². The number of hydrogen-bond acceptors (Lipinski definition) is 2. The molecule has 0 N–H and O–H groups in total. The van der Waals surface area contributed by atoms with Crippen molar-refractivity contribution in [3.8, 4) is 0 Å². The normalized spacial score (nSPS) is 10.4. The molecule has 0 spiro atoms. The van der Waals surface area contributed by atoms with Crippen LogP contribution in [0.15, 0.2) is 0 Å². The van der Waals surface area contributed by atoms with Crippen LogP contribution < -0.4 is 0 Å². The summed E-state index contributed by atoms with van der Waals surface area (Å²) in [4.78, 5) is 0. The summed E-state index contributed by atoms with van der Waals surface area (Å²) >= 11 is 1.24. The van der Waals surface area contributed by atoms with E-state index in [0.717, 1.165) is 0 Å². The average molecular weight is 629 g/mol. The van der Waals surface area contributed by atoms with Crippen molar-refractivity contribution in [1.82, 2.24) is 6.38 Å². The molecule has 0 rings (SSSR count). The first kappa shape index (κ1) is 44.4. The standard InChI is InChI=1S/C12H36GeN2Si4.5CO.Mo/c1-16(2,3)14(17(4,5)6)13-15(18(7,8)9)19(10,11)12;5*1-2;/h1-12H3;;;;;;. The first-order valence-corrected chi connectivity index (χ1v) is 30.3. The van der Waals surface area contributed by atoms with Crippen molar-refractivity contribution in [2.75, 3.05) is 0 Å². The molecule has 170 valence electrons. The van der Waals surface area contributed by atoms with Crippen LogP contribution in [-0.4, -0.2) is 50.9 Å². The molecule has 0 heterocycles. The zero-order chi connectivity index (χ0) is 26.7. The molecular weight excluding hydrogens is 593 g/mol. The zero-order valence-electron chi connectivity index (χ0n) is 20.3. The third-order valence-electron chi connectivity index (χ3n) is 3.07. The Morgan fingerprint density at radius 3 is 0.600 bits per heavy atom. The van der Waals surface area contributed by atoms with E-state index < -0.39 is 44.5 Å². The second kappa shape index (κ2) is 21.6. The first-order chi connectivity index (χ1) is 13.4. The van der Waals surface area contributed by atoms with Crippen molar-refractivity contribution in [3.63, 3.8) is 0 Å². The van der Waals surface area contributed by atoms with Crippen LogP contribution in [0.3, 0.4) is 0 Å². The van der Waals surface area contributed by atoms with Gasteiger partial charge in [-0.2, -0.15) is 0 Å². The van der Waals surface area contributed by atoms with Gasteiger partial charge in [0.25, 0.3) is 0 Å². The van der Waals surface area contributed by atoms with Crippen molar-refractivity contribution >= 4 is 44.5 Å². The Morgan fingerprint density at radius 2 is 0.533 bits per heavy atom. The third kappa shape index (κ3) is 20.6. The molecule has 0 aromatic carbocycles. The second-order valence-corrected chi connectivity index (χ2v) is 41.2. The fraction of sp³-hybridized carbons (Fsp3) is 0.706. The molecule has 7 nitrogen and oxygen atoms in total. The third-order valence-corrected chi connectivity index (χ3v) is 52.9. The van der Waals surface area contributed by atoms with Crippen LogP contribution in [0.2, 0.25) is 78.6 Å². The predicted molar refractivity (Wildman–Crippen MR) is 122 cm³/mol. The fourth-order valence-electron chi connectivity index (χ4n) is 3.26. The van der Waals surface area contributed by atoms with Gasteiger partial charge < -0.3 is 0 Å². The summed E-state index contributed by atoms with van der Waals surface area (Å²) in [5.41, 5.74) is 0. The van der Waals surface area contributed by atoms with E-state index >= 15 is 0 Å². The summed E-state index contributed by atoms with van der Waals surface area (Å²) in [5, 5.41) is 0. The van der Waals surface area contributed by atoms with Gasteiger partial charge in [-0.15, -0.1) is 0 Å². The molecule has 0 aliphatic carbocycles. The number of rotatable bonds is 6. The Bertz CT molecular complexity index is 472. The summed E-state index contributed by atoms with van der Waals surface area (Å²) < 4.78 is 43.8. The Morgan fingerprint density at radius 1 is 0.433 bits per heavy atom. The van der Waals surface area contributed by atoms with Gasteiger partial charge in [0.05, 0.1) is 0 Å². The van der Waals surface area contributed by atoms with Crippen LogP contribution in [0, 0.1) is 33.3 Å². The summed E-state index contributed by atoms with van der Waals surface area (Å²) in [5.74, 6) is 0. The topological polar surface area (TPSA) is 106 Å². The molecule has 0 atom stereocenters. The van der Waals surface area contributed by atoms with Gasteiger partial charge in [-0.25, -0.2) is 0 Å². The fourth-order valence-corrected chi connectivity index (χ4v) is 82.7. The van der Waals surface area contributed by atoms with Crippen molar-refractivity contribution < 1.29 is 40.3 Å². The predicted octanol–water partition coefficient (Wildman–Crippen LogP) is 4.27. The molecule has 0 amide bonds. The molecule has 13 heteroatoms. The van der Waals surface area contributed by atoms with Gasteiger partial charge in [0.2, 0.25) is 0 Å². The molecule has 30 heavy (non-hydrogen) atoms. The van der Waals surface area contributed by atoms with E-state index in [1.54, 1.807) is 0 Å². The van der Waals surface area contributed by atoms with Crippen molar-refractivity contribution in [2.24, 2.45) is 0 Å². The Balaban J connectivity index is -0.000000125. The van der Waals surface area contributed by atoms with E-state index in [4.69, 9.17) is 23.3 Å². The summed E-state index contributed by atoms with van der Waals surface area (Å²) in [6, 6.07) is 0. The summed E-state index contributed by atoms with van der Waals surface area (Å²) in [6.07, 6.45) is 0. The Labute approximate surface area is 201 Å². The molecule has 0 aromatic rings. The van der Waals surface area contributed by atoms with Crippen molar-refractivity contribution in [3.05, 3.63) is 33.3 Å². The minimum atomic E-state index is -1.34. The zero-order valence-corrected chi connectivity index (χ0v) is 28.4. The molecule has 0 bridgehead atoms. The number of hydrogen-bond donors (Lipinski definition) is 0. The average Bonchev–Trinajstić information content (AvgIpc) is 2.58. The number of nitrogens with zero attached hydrogens (tertiary/aromatic N) is 2. The second-order valence-electron chi connectivity index (χ2n) is 9.64. The van der Waals surface area contributed by atoms with Gasteiger partial charge in [0, 0.05) is 0 Å².